The van der Waals surface area contributed by atoms with Gasteiger partial charge in [-0.3, -0.25) is 9.59 Å². The molecule has 0 saturated carbocycles. The minimum atomic E-state index is -0.842. The van der Waals surface area contributed by atoms with Gasteiger partial charge in [-0.05, 0) is 57.8 Å². The molecule has 468 valence electrons. The first-order valence-electron chi connectivity index (χ1n) is 36.1. The van der Waals surface area contributed by atoms with E-state index in [1.807, 2.05) is 6.08 Å². The number of allylic oxidation sites excluding steroid dienone is 3. The molecule has 0 radical (unpaired) electrons. The molecule has 0 aromatic heterocycles. The van der Waals surface area contributed by atoms with Crippen LogP contribution in [-0.2, 0) is 14.3 Å². The Morgan fingerprint density at radius 3 is 0.911 bits per heavy atom. The molecule has 3 N–H and O–H groups in total. The monoisotopic (exact) mass is 1110 g/mol. The zero-order valence-corrected chi connectivity index (χ0v) is 53.6. The van der Waals surface area contributed by atoms with Crippen LogP contribution in [0, 0.1) is 0 Å². The van der Waals surface area contributed by atoms with Crippen LogP contribution in [0.1, 0.15) is 406 Å². The van der Waals surface area contributed by atoms with Crippen LogP contribution in [0.15, 0.2) is 24.3 Å². The number of nitrogens with one attached hydrogen (secondary N) is 1. The van der Waals surface area contributed by atoms with Crippen LogP contribution in [0.25, 0.3) is 0 Å². The number of hydrogen-bond acceptors (Lipinski definition) is 5. The zero-order valence-electron chi connectivity index (χ0n) is 53.6. The fraction of sp³-hybridized carbons (Fsp3) is 0.918. The molecule has 6 nitrogen and oxygen atoms in total. The van der Waals surface area contributed by atoms with Gasteiger partial charge in [-0.1, -0.05) is 359 Å². The number of aliphatic hydroxyl groups is 2. The minimum absolute atomic E-state index is 0.0117. The van der Waals surface area contributed by atoms with Gasteiger partial charge in [0.1, 0.15) is 0 Å². The highest BCUT2D eigenvalue weighted by Crippen LogP contribution is 2.19. The molecule has 2 atom stereocenters. The highest BCUT2D eigenvalue weighted by atomic mass is 16.5. The van der Waals surface area contributed by atoms with Crippen molar-refractivity contribution in [2.75, 3.05) is 13.2 Å². The molecule has 1 amide bonds. The Bertz CT molecular complexity index is 1230. The molecule has 6 heteroatoms. The summed E-state index contributed by atoms with van der Waals surface area (Å²) in [7, 11) is 0. The van der Waals surface area contributed by atoms with Gasteiger partial charge in [0, 0.05) is 12.8 Å². The first-order chi connectivity index (χ1) is 39.0. The van der Waals surface area contributed by atoms with Gasteiger partial charge in [0.15, 0.2) is 0 Å². The summed E-state index contributed by atoms with van der Waals surface area (Å²) in [6.07, 6.45) is 87.0. The quantitative estimate of drug-likeness (QED) is 0.0320. The summed E-state index contributed by atoms with van der Waals surface area (Å²) in [6.45, 7) is 4.93. The van der Waals surface area contributed by atoms with E-state index in [1.54, 1.807) is 6.08 Å². The highest BCUT2D eigenvalue weighted by molar-refractivity contribution is 5.76. The third-order valence-electron chi connectivity index (χ3n) is 17.0. The number of carbonyl (C=O) groups is 2. The molecular formula is C73H141NO5. The first-order valence-corrected chi connectivity index (χ1v) is 36.1. The van der Waals surface area contributed by atoms with Crippen molar-refractivity contribution in [1.82, 2.24) is 5.32 Å². The van der Waals surface area contributed by atoms with Crippen molar-refractivity contribution in [3.63, 3.8) is 0 Å². The van der Waals surface area contributed by atoms with Crippen LogP contribution in [0.2, 0.25) is 0 Å². The number of esters is 1. The van der Waals surface area contributed by atoms with Crippen LogP contribution < -0.4 is 5.32 Å². The van der Waals surface area contributed by atoms with Crippen LogP contribution in [0.3, 0.4) is 0 Å². The second-order valence-corrected chi connectivity index (χ2v) is 24.9. The van der Waals surface area contributed by atoms with Gasteiger partial charge in [-0.2, -0.15) is 0 Å². The highest BCUT2D eigenvalue weighted by Gasteiger charge is 2.18. The number of rotatable bonds is 68. The molecule has 0 aliphatic heterocycles. The second-order valence-electron chi connectivity index (χ2n) is 24.9. The fourth-order valence-electron chi connectivity index (χ4n) is 11.5. The third-order valence-corrected chi connectivity index (χ3v) is 17.0. The molecular weight excluding hydrogens is 971 g/mol. The van der Waals surface area contributed by atoms with Crippen molar-refractivity contribution < 1.29 is 24.5 Å². The summed E-state index contributed by atoms with van der Waals surface area (Å²) in [6, 6.07) is -0.625. The van der Waals surface area contributed by atoms with E-state index in [4.69, 9.17) is 4.74 Å². The Balaban J connectivity index is 3.35. The molecule has 0 rings (SSSR count). The average molecular weight is 1110 g/mol. The standard InChI is InChI=1S/C73H141NO5/c1-3-5-7-9-11-13-15-17-18-19-35-38-42-45-49-53-57-61-65-71(76)70(69-75)74-72(77)66-62-58-54-50-46-43-39-36-33-31-29-27-25-23-21-20-22-24-26-28-30-32-34-37-40-44-48-52-56-60-64-68-79-73(78)67-63-59-55-51-47-41-16-14-12-10-8-6-4-2/h14,16,61,65,70-71,75-76H,3-13,15,17-60,62-64,66-69H2,1-2H3,(H,74,77)/b16-14-,65-61+. The molecule has 0 fully saturated rings. The van der Waals surface area contributed by atoms with Gasteiger partial charge in [0.25, 0.3) is 0 Å². The van der Waals surface area contributed by atoms with Crippen molar-refractivity contribution in [3.8, 4) is 0 Å². The van der Waals surface area contributed by atoms with Crippen LogP contribution in [0.4, 0.5) is 0 Å². The summed E-state index contributed by atoms with van der Waals surface area (Å²) in [5.74, 6) is -0.0485. The summed E-state index contributed by atoms with van der Waals surface area (Å²) < 4.78 is 5.48. The smallest absolute Gasteiger partial charge is 0.305 e. The third kappa shape index (κ3) is 65.4. The molecule has 0 saturated heterocycles. The summed E-state index contributed by atoms with van der Waals surface area (Å²) in [5, 5.41) is 23.2. The molecule has 0 aromatic rings. The molecule has 2 unspecified atom stereocenters. The lowest BCUT2D eigenvalue weighted by atomic mass is 10.0. The Labute approximate surface area is 494 Å². The van der Waals surface area contributed by atoms with E-state index in [1.165, 1.54) is 334 Å². The zero-order chi connectivity index (χ0) is 57.1. The van der Waals surface area contributed by atoms with E-state index in [9.17, 15) is 19.8 Å². The Morgan fingerprint density at radius 2 is 0.595 bits per heavy atom. The van der Waals surface area contributed by atoms with Crippen molar-refractivity contribution in [2.24, 2.45) is 0 Å². The van der Waals surface area contributed by atoms with E-state index < -0.39 is 12.1 Å². The van der Waals surface area contributed by atoms with Gasteiger partial charge in [-0.15, -0.1) is 0 Å². The number of carbonyl (C=O) groups excluding carboxylic acids is 2. The lowest BCUT2D eigenvalue weighted by molar-refractivity contribution is -0.143. The maximum absolute atomic E-state index is 12.5. The van der Waals surface area contributed by atoms with E-state index in [-0.39, 0.29) is 18.5 Å². The molecule has 0 aliphatic rings. The van der Waals surface area contributed by atoms with E-state index in [2.05, 4.69) is 31.3 Å². The largest absolute Gasteiger partial charge is 0.466 e. The van der Waals surface area contributed by atoms with E-state index in [0.29, 0.717) is 19.4 Å². The van der Waals surface area contributed by atoms with Gasteiger partial charge in [-0.25, -0.2) is 0 Å². The van der Waals surface area contributed by atoms with Gasteiger partial charge in [0.05, 0.1) is 25.4 Å². The van der Waals surface area contributed by atoms with Crippen molar-refractivity contribution >= 4 is 11.9 Å². The molecule has 0 spiro atoms. The molecule has 0 bridgehead atoms. The van der Waals surface area contributed by atoms with Gasteiger partial charge in [0.2, 0.25) is 5.91 Å². The van der Waals surface area contributed by atoms with Crippen molar-refractivity contribution in [1.29, 1.82) is 0 Å². The van der Waals surface area contributed by atoms with Crippen molar-refractivity contribution in [2.45, 2.75) is 418 Å². The Hall–Kier alpha value is -1.66. The maximum Gasteiger partial charge on any atom is 0.305 e. The molecule has 0 aromatic carbocycles. The SMILES string of the molecule is CCCCCC/C=C\CCCCCCCC(=O)OCCCCCCCCCCCCCCCCCCCCCCCCCCCCCCCCCC(=O)NC(CO)C(O)/C=C/CCCCCCCCCCCCCCCCCC. The molecule has 0 aliphatic carbocycles. The number of hydrogen-bond donors (Lipinski definition) is 3. The van der Waals surface area contributed by atoms with Crippen LogP contribution >= 0.6 is 0 Å². The Kier molecular flexibility index (Phi) is 67.4. The Morgan fingerprint density at radius 1 is 0.342 bits per heavy atom. The predicted molar refractivity (Wildman–Crippen MR) is 347 cm³/mol. The summed E-state index contributed by atoms with van der Waals surface area (Å²) in [4.78, 5) is 24.6. The normalized spacial score (nSPS) is 12.6. The average Bonchev–Trinajstić information content (AvgIpc) is 3.45. The number of unbranched alkanes of at least 4 members (excludes halogenated alkanes) is 55. The van der Waals surface area contributed by atoms with E-state index >= 15 is 0 Å². The van der Waals surface area contributed by atoms with Crippen LogP contribution in [-0.4, -0.2) is 47.4 Å². The molecule has 79 heavy (non-hydrogen) atoms. The van der Waals surface area contributed by atoms with Crippen molar-refractivity contribution in [3.05, 3.63) is 24.3 Å². The summed E-state index contributed by atoms with van der Waals surface area (Å²) >= 11 is 0. The van der Waals surface area contributed by atoms with E-state index in [0.717, 1.165) is 44.9 Å². The lowest BCUT2D eigenvalue weighted by Gasteiger charge is -2.20. The minimum Gasteiger partial charge on any atom is -0.466 e. The van der Waals surface area contributed by atoms with Crippen LogP contribution in [0.5, 0.6) is 0 Å². The maximum atomic E-state index is 12.5. The van der Waals surface area contributed by atoms with Gasteiger partial charge >= 0.3 is 5.97 Å². The number of aliphatic hydroxyl groups excluding tert-OH is 2. The fourth-order valence-corrected chi connectivity index (χ4v) is 11.5. The molecule has 0 heterocycles. The lowest BCUT2D eigenvalue weighted by Crippen LogP contribution is -2.45. The summed E-state index contributed by atoms with van der Waals surface area (Å²) in [5.41, 5.74) is 0. The second kappa shape index (κ2) is 68.8. The predicted octanol–water partition coefficient (Wildman–Crippen LogP) is 23.3. The number of amides is 1. The first kappa shape index (κ1) is 77.3. The number of ether oxygens (including phenoxy) is 1. The topological polar surface area (TPSA) is 95.9 Å². The van der Waals surface area contributed by atoms with Gasteiger partial charge < -0.3 is 20.3 Å².